The minimum Gasteiger partial charge on any atom is -0.490 e. The van der Waals surface area contributed by atoms with Crippen LogP contribution < -0.4 is 16.2 Å². The molecule has 1 aliphatic rings. The van der Waals surface area contributed by atoms with Crippen molar-refractivity contribution >= 4 is 11.4 Å². The van der Waals surface area contributed by atoms with Crippen molar-refractivity contribution in [3.8, 4) is 5.75 Å². The minimum atomic E-state index is 0.607. The maximum atomic E-state index is 5.85. The third-order valence-electron chi connectivity index (χ3n) is 3.61. The lowest BCUT2D eigenvalue weighted by Crippen LogP contribution is -2.47. The van der Waals surface area contributed by atoms with Crippen LogP contribution in [-0.4, -0.2) is 55.7 Å². The van der Waals surface area contributed by atoms with E-state index in [-0.39, 0.29) is 0 Å². The Labute approximate surface area is 115 Å². The van der Waals surface area contributed by atoms with E-state index in [0.717, 1.165) is 45.0 Å². The lowest BCUT2D eigenvalue weighted by molar-refractivity contribution is 0.121. The second-order valence-corrected chi connectivity index (χ2v) is 4.92. The van der Waals surface area contributed by atoms with Crippen LogP contribution in [0.4, 0.5) is 11.4 Å². The average Bonchev–Trinajstić information content (AvgIpc) is 2.42. The molecule has 0 aromatic heterocycles. The van der Waals surface area contributed by atoms with E-state index >= 15 is 0 Å². The number of ether oxygens (including phenoxy) is 1. The Morgan fingerprint density at radius 1 is 1.11 bits per heavy atom. The molecular formula is C14H24N4O. The van der Waals surface area contributed by atoms with E-state index in [4.69, 9.17) is 16.2 Å². The molecule has 0 spiro atoms. The Hall–Kier alpha value is -1.46. The first-order valence-electron chi connectivity index (χ1n) is 6.91. The first-order chi connectivity index (χ1) is 9.19. The van der Waals surface area contributed by atoms with Gasteiger partial charge in [-0.1, -0.05) is 6.92 Å². The summed E-state index contributed by atoms with van der Waals surface area (Å²) in [5, 5.41) is 0. The quantitative estimate of drug-likeness (QED) is 0.772. The van der Waals surface area contributed by atoms with Gasteiger partial charge < -0.3 is 21.1 Å². The Morgan fingerprint density at radius 2 is 1.79 bits per heavy atom. The Kier molecular flexibility index (Phi) is 4.87. The maximum Gasteiger partial charge on any atom is 0.142 e. The monoisotopic (exact) mass is 264 g/mol. The Morgan fingerprint density at radius 3 is 2.42 bits per heavy atom. The molecule has 106 valence electrons. The summed E-state index contributed by atoms with van der Waals surface area (Å²) < 4.78 is 5.71. The molecule has 0 unspecified atom stereocenters. The predicted molar refractivity (Wildman–Crippen MR) is 79.3 cm³/mol. The third kappa shape index (κ3) is 4.01. The van der Waals surface area contributed by atoms with Crippen LogP contribution in [0.3, 0.4) is 0 Å². The Balaban J connectivity index is 1.72. The Bertz CT molecular complexity index is 402. The molecule has 4 N–H and O–H groups in total. The van der Waals surface area contributed by atoms with Gasteiger partial charge in [0.2, 0.25) is 0 Å². The fourth-order valence-corrected chi connectivity index (χ4v) is 2.31. The van der Waals surface area contributed by atoms with E-state index < -0.39 is 0 Å². The molecule has 1 aromatic rings. The highest BCUT2D eigenvalue weighted by Crippen LogP contribution is 2.23. The number of nitrogens with zero attached hydrogens (tertiary/aromatic N) is 2. The van der Waals surface area contributed by atoms with Gasteiger partial charge in [-0.25, -0.2) is 0 Å². The number of nitrogen functional groups attached to an aromatic ring is 2. The number of benzene rings is 1. The second kappa shape index (κ2) is 6.63. The van der Waals surface area contributed by atoms with Crippen molar-refractivity contribution in [3.05, 3.63) is 18.2 Å². The summed E-state index contributed by atoms with van der Waals surface area (Å²) in [6.45, 7) is 9.51. The van der Waals surface area contributed by atoms with Gasteiger partial charge in [0, 0.05) is 38.4 Å². The first-order valence-corrected chi connectivity index (χ1v) is 6.91. The van der Waals surface area contributed by atoms with E-state index in [0.29, 0.717) is 18.0 Å². The SMILES string of the molecule is CCN1CCN(CCOc2ccc(N)cc2N)CC1. The molecule has 5 heteroatoms. The highest BCUT2D eigenvalue weighted by atomic mass is 16.5. The summed E-state index contributed by atoms with van der Waals surface area (Å²) in [4.78, 5) is 4.90. The van der Waals surface area contributed by atoms with Crippen LogP contribution in [-0.2, 0) is 0 Å². The molecule has 1 aromatic carbocycles. The van der Waals surface area contributed by atoms with Crippen LogP contribution in [0.25, 0.3) is 0 Å². The number of nitrogens with two attached hydrogens (primary N) is 2. The van der Waals surface area contributed by atoms with Crippen LogP contribution in [0.15, 0.2) is 18.2 Å². The number of anilines is 2. The number of rotatable bonds is 5. The van der Waals surface area contributed by atoms with E-state index in [2.05, 4.69) is 16.7 Å². The fourth-order valence-electron chi connectivity index (χ4n) is 2.31. The van der Waals surface area contributed by atoms with Crippen molar-refractivity contribution in [2.75, 3.05) is 57.3 Å². The van der Waals surface area contributed by atoms with Crippen LogP contribution >= 0.6 is 0 Å². The normalized spacial score (nSPS) is 17.5. The van der Waals surface area contributed by atoms with Crippen LogP contribution in [0, 0.1) is 0 Å². The van der Waals surface area contributed by atoms with Gasteiger partial charge >= 0.3 is 0 Å². The topological polar surface area (TPSA) is 67.8 Å². The second-order valence-electron chi connectivity index (χ2n) is 4.92. The molecule has 1 aliphatic heterocycles. The molecule has 2 rings (SSSR count). The van der Waals surface area contributed by atoms with Gasteiger partial charge in [-0.3, -0.25) is 4.90 Å². The fraction of sp³-hybridized carbons (Fsp3) is 0.571. The molecule has 5 nitrogen and oxygen atoms in total. The summed E-state index contributed by atoms with van der Waals surface area (Å²) in [5.74, 6) is 0.724. The molecule has 1 fully saturated rings. The van der Waals surface area contributed by atoms with E-state index in [1.54, 1.807) is 6.07 Å². The molecule has 0 saturated carbocycles. The van der Waals surface area contributed by atoms with Gasteiger partial charge in [0.1, 0.15) is 12.4 Å². The molecule has 0 aliphatic carbocycles. The number of hydrogen-bond acceptors (Lipinski definition) is 5. The molecule has 0 amide bonds. The molecule has 0 atom stereocenters. The lowest BCUT2D eigenvalue weighted by atomic mass is 10.2. The largest absolute Gasteiger partial charge is 0.490 e. The van der Waals surface area contributed by atoms with Crippen molar-refractivity contribution in [2.45, 2.75) is 6.92 Å². The van der Waals surface area contributed by atoms with Crippen LogP contribution in [0.2, 0.25) is 0 Å². The highest BCUT2D eigenvalue weighted by Gasteiger charge is 2.15. The van der Waals surface area contributed by atoms with Gasteiger partial charge in [0.05, 0.1) is 5.69 Å². The molecule has 0 radical (unpaired) electrons. The molecular weight excluding hydrogens is 240 g/mol. The standard InChI is InChI=1S/C14H24N4O/c1-2-17-5-7-18(8-6-17)9-10-19-14-4-3-12(15)11-13(14)16/h3-4,11H,2,5-10,15-16H2,1H3. The van der Waals surface area contributed by atoms with Gasteiger partial charge in [0.25, 0.3) is 0 Å². The van der Waals surface area contributed by atoms with Gasteiger partial charge in [-0.05, 0) is 24.7 Å². The van der Waals surface area contributed by atoms with Gasteiger partial charge in [-0.15, -0.1) is 0 Å². The van der Waals surface area contributed by atoms with Crippen molar-refractivity contribution < 1.29 is 4.74 Å². The van der Waals surface area contributed by atoms with E-state index in [9.17, 15) is 0 Å². The molecule has 0 bridgehead atoms. The summed E-state index contributed by atoms with van der Waals surface area (Å²) in [6.07, 6.45) is 0. The van der Waals surface area contributed by atoms with Crippen molar-refractivity contribution in [2.24, 2.45) is 0 Å². The van der Waals surface area contributed by atoms with E-state index in [1.807, 2.05) is 12.1 Å². The third-order valence-corrected chi connectivity index (χ3v) is 3.61. The highest BCUT2D eigenvalue weighted by molar-refractivity contribution is 5.60. The predicted octanol–water partition coefficient (Wildman–Crippen LogP) is 0.867. The minimum absolute atomic E-state index is 0.607. The summed E-state index contributed by atoms with van der Waals surface area (Å²) >= 11 is 0. The van der Waals surface area contributed by atoms with Gasteiger partial charge in [-0.2, -0.15) is 0 Å². The molecule has 19 heavy (non-hydrogen) atoms. The number of likely N-dealkylation sites (N-methyl/N-ethyl adjacent to an activating group) is 1. The lowest BCUT2D eigenvalue weighted by Gasteiger charge is -2.33. The zero-order valence-corrected chi connectivity index (χ0v) is 11.6. The van der Waals surface area contributed by atoms with Crippen LogP contribution in [0.5, 0.6) is 5.75 Å². The summed E-state index contributed by atoms with van der Waals surface area (Å²) in [6, 6.07) is 5.38. The molecule has 1 saturated heterocycles. The average molecular weight is 264 g/mol. The summed E-state index contributed by atoms with van der Waals surface area (Å²) in [7, 11) is 0. The number of piperazine rings is 1. The van der Waals surface area contributed by atoms with Gasteiger partial charge in [0.15, 0.2) is 0 Å². The maximum absolute atomic E-state index is 5.85. The zero-order valence-electron chi connectivity index (χ0n) is 11.6. The summed E-state index contributed by atoms with van der Waals surface area (Å²) in [5.41, 5.74) is 12.8. The van der Waals surface area contributed by atoms with E-state index in [1.165, 1.54) is 0 Å². The molecule has 1 heterocycles. The van der Waals surface area contributed by atoms with Crippen molar-refractivity contribution in [1.82, 2.24) is 9.80 Å². The van der Waals surface area contributed by atoms with Crippen molar-refractivity contribution in [3.63, 3.8) is 0 Å². The number of hydrogen-bond donors (Lipinski definition) is 2. The smallest absolute Gasteiger partial charge is 0.142 e. The van der Waals surface area contributed by atoms with Crippen molar-refractivity contribution in [1.29, 1.82) is 0 Å². The van der Waals surface area contributed by atoms with Crippen LogP contribution in [0.1, 0.15) is 6.92 Å². The zero-order chi connectivity index (χ0) is 13.7. The first kappa shape index (κ1) is 14.0.